The number of ketones is 1. The van der Waals surface area contributed by atoms with E-state index in [0.29, 0.717) is 0 Å². The van der Waals surface area contributed by atoms with Crippen molar-refractivity contribution in [2.24, 2.45) is 16.7 Å². The van der Waals surface area contributed by atoms with Gasteiger partial charge in [-0.1, -0.05) is 86.6 Å². The van der Waals surface area contributed by atoms with Crippen LogP contribution >= 0.6 is 0 Å². The number of rotatable bonds is 16. The molecule has 0 aromatic heterocycles. The van der Waals surface area contributed by atoms with Crippen molar-refractivity contribution >= 4 is 64.4 Å². The van der Waals surface area contributed by atoms with Crippen LogP contribution in [0.5, 0.6) is 5.75 Å². The lowest BCUT2D eigenvalue weighted by Gasteiger charge is -2.67. The highest BCUT2D eigenvalue weighted by atomic mass is 19.1. The molecule has 0 radical (unpaired) electrons. The Kier molecular flexibility index (Phi) is 17.7. The normalized spacial score (nSPS) is 25.2. The SMILES string of the molecule is CC(=O)O[C@H]1C(=O)[C@@]2(C)C(C(OC(=O)c3ccccc3)[C@]3(O)CC(OC(=O)[C@H](O)[C@@H](NC(=O)c4ccccc4)c4ccccc4)C(C)=C1C3(C)C)[C@]1(OC(C)=O)COC1C[C@@H]2OC(=O)[C@@H](C)[NH+]=C(O)c1ccc(-c2c3cc(F)c(=O)cc-3oc3cc(O)c(F)cc23)c(C(=O)O)c1. The molecule has 2 saturated carbocycles. The topological polar surface area (TPSA) is 349 Å². The fourth-order valence-corrected chi connectivity index (χ4v) is 14.2. The number of aliphatic hydroxyl groups excluding tert-OH is 2. The van der Waals surface area contributed by atoms with Gasteiger partial charge in [-0.2, -0.15) is 4.99 Å². The molecule has 6 aliphatic rings. The summed E-state index contributed by atoms with van der Waals surface area (Å²) in [5.41, 5.74) is -11.5. The van der Waals surface area contributed by atoms with E-state index < -0.39 is 178 Å². The predicted octanol–water partition coefficient (Wildman–Crippen LogP) is 6.32. The number of aromatic carboxylic acids is 1. The summed E-state index contributed by atoms with van der Waals surface area (Å²) in [6.07, 6.45) is -12.4. The smallest absolute Gasteiger partial charge is 0.375 e. The summed E-state index contributed by atoms with van der Waals surface area (Å²) < 4.78 is 73.4. The third-order valence-electron chi connectivity index (χ3n) is 19.0. The Balaban J connectivity index is 1.01. The first kappa shape index (κ1) is 66.9. The molecule has 23 nitrogen and oxygen atoms in total. The molecular weight excluding hydrogens is 1250 g/mol. The van der Waals surface area contributed by atoms with Crippen molar-refractivity contribution < 1.29 is 111 Å². The van der Waals surface area contributed by atoms with Crippen LogP contribution in [0.4, 0.5) is 8.78 Å². The molecule has 12 atom stereocenters. The number of hydrogen-bond acceptors (Lipinski definition) is 19. The molecular formula is C71H65F2N2O21+. The van der Waals surface area contributed by atoms with Crippen LogP contribution in [0.1, 0.15) is 110 Å². The minimum Gasteiger partial charge on any atom is -0.505 e. The van der Waals surface area contributed by atoms with Crippen molar-refractivity contribution in [2.45, 2.75) is 121 Å². The molecule has 1 amide bonds. The zero-order valence-corrected chi connectivity index (χ0v) is 52.5. The first-order valence-corrected chi connectivity index (χ1v) is 30.4. The molecule has 1 saturated heterocycles. The molecule has 0 spiro atoms. The maximum atomic E-state index is 16.6. The van der Waals surface area contributed by atoms with Crippen LogP contribution < -0.4 is 15.7 Å². The first-order valence-electron chi connectivity index (χ1n) is 30.4. The molecule has 2 aliphatic heterocycles. The molecule has 5 aromatic carbocycles. The second-order valence-corrected chi connectivity index (χ2v) is 25.1. The van der Waals surface area contributed by atoms with E-state index in [0.717, 1.165) is 44.2 Å². The van der Waals surface area contributed by atoms with Gasteiger partial charge in [0.25, 0.3) is 5.91 Å². The van der Waals surface area contributed by atoms with Crippen LogP contribution in [0.2, 0.25) is 0 Å². The molecule has 3 fully saturated rings. The Morgan fingerprint density at radius 2 is 1.39 bits per heavy atom. The van der Waals surface area contributed by atoms with Crippen LogP contribution in [0, 0.1) is 28.4 Å². The number of carboxylic acid groups (broad SMARTS) is 1. The molecule has 11 rings (SSSR count). The number of hydrogen-bond donors (Lipinski definition) is 7. The molecule has 2 heterocycles. The Morgan fingerprint density at radius 3 is 2.00 bits per heavy atom. The quantitative estimate of drug-likeness (QED) is 0.0139. The fraction of sp³-hybridized carbons (Fsp3) is 0.324. The number of phenolic OH excluding ortho intramolecular Hbond substituents is 1. The van der Waals surface area contributed by atoms with Gasteiger partial charge in [-0.05, 0) is 84.7 Å². The summed E-state index contributed by atoms with van der Waals surface area (Å²) in [4.78, 5) is 130. The largest absolute Gasteiger partial charge is 0.505 e. The molecule has 2 bridgehead atoms. The van der Waals surface area contributed by atoms with E-state index >= 15 is 13.6 Å². The number of ether oxygens (including phenoxy) is 6. The molecule has 96 heavy (non-hydrogen) atoms. The van der Waals surface area contributed by atoms with E-state index in [9.17, 15) is 63.9 Å². The van der Waals surface area contributed by atoms with Crippen LogP contribution in [-0.2, 0) is 52.4 Å². The molecule has 7 N–H and O–H groups in total. The number of fused-ring (bicyclic) bond motifs is 7. The van der Waals surface area contributed by atoms with E-state index in [-0.39, 0.29) is 66.8 Å². The minimum atomic E-state index is -2.65. The average Bonchev–Trinajstić information content (AvgIpc) is 0.668. The van der Waals surface area contributed by atoms with Crippen molar-refractivity contribution in [3.63, 3.8) is 0 Å². The maximum Gasteiger partial charge on any atom is 0.375 e. The number of halogens is 2. The van der Waals surface area contributed by atoms with Crippen molar-refractivity contribution in [3.8, 4) is 28.2 Å². The van der Waals surface area contributed by atoms with Gasteiger partial charge in [0.15, 0.2) is 41.0 Å². The zero-order valence-electron chi connectivity index (χ0n) is 52.5. The third-order valence-corrected chi connectivity index (χ3v) is 19.0. The fourth-order valence-electron chi connectivity index (χ4n) is 14.2. The third kappa shape index (κ3) is 11.6. The van der Waals surface area contributed by atoms with Crippen LogP contribution in [-0.4, -0.2) is 139 Å². The summed E-state index contributed by atoms with van der Waals surface area (Å²) in [5, 5.41) is 61.5. The Morgan fingerprint density at radius 1 is 0.740 bits per heavy atom. The number of Topliss-reactive ketones (excluding diaryl/α,β-unsaturated/α-hetero) is 1. The lowest BCUT2D eigenvalue weighted by Crippen LogP contribution is -2.83. The van der Waals surface area contributed by atoms with E-state index in [1.807, 2.05) is 0 Å². The highest BCUT2D eigenvalue weighted by molar-refractivity contribution is 6.09. The van der Waals surface area contributed by atoms with Gasteiger partial charge in [0.05, 0.1) is 40.7 Å². The summed E-state index contributed by atoms with van der Waals surface area (Å²) in [6.45, 7) is 8.41. The number of amides is 1. The van der Waals surface area contributed by atoms with Gasteiger partial charge in [0, 0.05) is 73.2 Å². The number of carbonyl (C=O) groups excluding carboxylic acids is 7. The van der Waals surface area contributed by atoms with E-state index in [4.69, 9.17) is 32.8 Å². The van der Waals surface area contributed by atoms with Crippen molar-refractivity contribution in [1.29, 1.82) is 0 Å². The standard InChI is InChI=1S/C71H64F2N2O21/c1-33-51(93-67(88)57(80)56(37-17-11-8-12-18-37)75-62(82)38-19-13-9-14-20-38)31-71(89)61(95-66(87)39-21-15-10-16-22-39)59-69(7,60(81)58(91-35(3)76)55(33)68(71,5)6)52(30-53-70(59,32-90-53)96-36(4)77)94-65(86)34(2)74-63(83)40-23-24-41(42(25-40)64(84)85)54-43-26-45(72)47(78)28-49(43)92-50-29-48(79)46(73)27-44(50)54/h8-29,34,51-53,56-59,61,78,80,89H,30-32H2,1-7H3,(H,74,83)(H,75,82)(H,84,85)/p+1/t34-,51?,52+,53?,56+,57-,58-,59?,61?,69-,70+,71-/m1/s1. The second-order valence-electron chi connectivity index (χ2n) is 25.1. The summed E-state index contributed by atoms with van der Waals surface area (Å²) >= 11 is 0. The Bertz CT molecular complexity index is 4440. The van der Waals surface area contributed by atoms with Crippen molar-refractivity contribution in [3.05, 3.63) is 194 Å². The Labute approximate surface area is 545 Å². The van der Waals surface area contributed by atoms with Gasteiger partial charge >= 0.3 is 41.7 Å². The number of aliphatic hydroxyl groups is 3. The van der Waals surface area contributed by atoms with Crippen molar-refractivity contribution in [1.82, 2.24) is 5.32 Å². The summed E-state index contributed by atoms with van der Waals surface area (Å²) in [5.74, 6) is -15.3. The molecule has 4 unspecified atom stereocenters. The number of esters is 5. The number of phenols is 1. The van der Waals surface area contributed by atoms with Gasteiger partial charge in [-0.3, -0.25) is 24.0 Å². The number of carbonyl (C=O) groups is 8. The maximum absolute atomic E-state index is 16.6. The van der Waals surface area contributed by atoms with E-state index in [1.54, 1.807) is 54.6 Å². The molecule has 498 valence electrons. The Hall–Kier alpha value is -10.5. The molecule has 25 heteroatoms. The van der Waals surface area contributed by atoms with E-state index in [1.165, 1.54) is 83.1 Å². The second kappa shape index (κ2) is 25.3. The van der Waals surface area contributed by atoms with Crippen LogP contribution in [0.25, 0.3) is 33.4 Å². The van der Waals surface area contributed by atoms with Gasteiger partial charge in [0.2, 0.25) is 11.5 Å². The monoisotopic (exact) mass is 1320 g/mol. The number of benzene rings is 6. The number of nitrogens with one attached hydrogen (secondary N) is 2. The molecule has 5 aromatic rings. The lowest BCUT2D eigenvalue weighted by molar-refractivity contribution is -0.494. The minimum absolute atomic E-state index is 0.0123. The lowest BCUT2D eigenvalue weighted by atomic mass is 9.44. The molecule has 4 aliphatic carbocycles. The summed E-state index contributed by atoms with van der Waals surface area (Å²) in [6, 6.07) is 26.9. The van der Waals surface area contributed by atoms with Crippen LogP contribution in [0.15, 0.2) is 154 Å². The van der Waals surface area contributed by atoms with Crippen LogP contribution in [0.3, 0.4) is 0 Å². The zero-order chi connectivity index (χ0) is 69.2. The first-order chi connectivity index (χ1) is 45.4. The average molecular weight is 1320 g/mol. The van der Waals surface area contributed by atoms with Gasteiger partial charge in [-0.25, -0.2) is 28.0 Å². The van der Waals surface area contributed by atoms with Crippen molar-refractivity contribution in [2.75, 3.05) is 6.61 Å². The van der Waals surface area contributed by atoms with Gasteiger partial charge in [0.1, 0.15) is 41.4 Å². The van der Waals surface area contributed by atoms with E-state index in [2.05, 4.69) is 10.3 Å². The summed E-state index contributed by atoms with van der Waals surface area (Å²) in [7, 11) is 0. The highest BCUT2D eigenvalue weighted by Gasteiger charge is 2.79. The highest BCUT2D eigenvalue weighted by Crippen LogP contribution is 2.65. The number of aromatic hydroxyl groups is 1. The number of carboxylic acids is 1. The van der Waals surface area contributed by atoms with Gasteiger partial charge in [-0.15, -0.1) is 0 Å². The predicted molar refractivity (Wildman–Crippen MR) is 332 cm³/mol. The van der Waals surface area contributed by atoms with Gasteiger partial charge < -0.3 is 63.7 Å².